The molecule has 0 unspecified atom stereocenters. The summed E-state index contributed by atoms with van der Waals surface area (Å²) in [5.74, 6) is 0.173. The van der Waals surface area contributed by atoms with Crippen LogP contribution in [0.5, 0.6) is 0 Å². The van der Waals surface area contributed by atoms with E-state index >= 15 is 0 Å². The molecule has 2 fully saturated rings. The molecular weight excluding hydrogens is 264 g/mol. The maximum Gasteiger partial charge on any atom is 0.217 e. The molecule has 0 atom stereocenters. The first-order valence-corrected chi connectivity index (χ1v) is 8.46. The standard InChI is InChI=1S/C17H32N2O2/c1-16(2)11-13(10-15(18)20)12-17(3,4)19(16)21-14-8-6-5-7-9-14/h13-14H,5-12H2,1-4H3,(H2,18,20). The van der Waals surface area contributed by atoms with Gasteiger partial charge in [-0.15, -0.1) is 0 Å². The lowest BCUT2D eigenvalue weighted by Gasteiger charge is -2.55. The summed E-state index contributed by atoms with van der Waals surface area (Å²) < 4.78 is 0. The van der Waals surface area contributed by atoms with Crippen molar-refractivity contribution in [1.82, 2.24) is 5.06 Å². The first kappa shape index (κ1) is 16.8. The number of carbonyl (C=O) groups excluding carboxylic acids is 1. The van der Waals surface area contributed by atoms with Crippen LogP contribution in [0.25, 0.3) is 0 Å². The second kappa shape index (κ2) is 6.25. The Bertz CT molecular complexity index is 355. The molecule has 4 heteroatoms. The molecular formula is C17H32N2O2. The van der Waals surface area contributed by atoms with E-state index in [1.54, 1.807) is 0 Å². The summed E-state index contributed by atoms with van der Waals surface area (Å²) >= 11 is 0. The van der Waals surface area contributed by atoms with E-state index in [0.717, 1.165) is 12.8 Å². The van der Waals surface area contributed by atoms with Crippen LogP contribution in [0.1, 0.15) is 79.1 Å². The van der Waals surface area contributed by atoms with Crippen molar-refractivity contribution >= 4 is 5.91 Å². The van der Waals surface area contributed by atoms with Crippen molar-refractivity contribution in [1.29, 1.82) is 0 Å². The lowest BCUT2D eigenvalue weighted by molar-refractivity contribution is -0.314. The van der Waals surface area contributed by atoms with Gasteiger partial charge in [0.25, 0.3) is 0 Å². The van der Waals surface area contributed by atoms with Crippen molar-refractivity contribution in [3.8, 4) is 0 Å². The summed E-state index contributed by atoms with van der Waals surface area (Å²) in [6, 6.07) is 0. The van der Waals surface area contributed by atoms with Gasteiger partial charge in [-0.2, -0.15) is 5.06 Å². The Morgan fingerprint density at radius 2 is 1.62 bits per heavy atom. The van der Waals surface area contributed by atoms with Crippen LogP contribution in [0.15, 0.2) is 0 Å². The monoisotopic (exact) mass is 296 g/mol. The summed E-state index contributed by atoms with van der Waals surface area (Å²) in [5, 5.41) is 2.23. The van der Waals surface area contributed by atoms with Crippen LogP contribution < -0.4 is 5.73 Å². The van der Waals surface area contributed by atoms with Gasteiger partial charge < -0.3 is 5.73 Å². The van der Waals surface area contributed by atoms with Gasteiger partial charge in [0, 0.05) is 17.5 Å². The Kier molecular flexibility index (Phi) is 4.99. The molecule has 2 N–H and O–H groups in total. The maximum atomic E-state index is 11.3. The topological polar surface area (TPSA) is 55.6 Å². The third-order valence-corrected chi connectivity index (χ3v) is 4.97. The zero-order valence-corrected chi connectivity index (χ0v) is 14.2. The Hall–Kier alpha value is -0.610. The van der Waals surface area contributed by atoms with Gasteiger partial charge in [-0.3, -0.25) is 9.63 Å². The van der Waals surface area contributed by atoms with Gasteiger partial charge in [0.1, 0.15) is 0 Å². The van der Waals surface area contributed by atoms with Gasteiger partial charge in [0.15, 0.2) is 0 Å². The van der Waals surface area contributed by atoms with E-state index in [4.69, 9.17) is 10.6 Å². The van der Waals surface area contributed by atoms with Crippen LogP contribution in [0.4, 0.5) is 0 Å². The summed E-state index contributed by atoms with van der Waals surface area (Å²) in [7, 11) is 0. The van der Waals surface area contributed by atoms with Gasteiger partial charge in [0.2, 0.25) is 5.91 Å². The number of hydroxylamine groups is 2. The Balaban J connectivity index is 2.07. The lowest BCUT2D eigenvalue weighted by Crippen LogP contribution is -2.61. The van der Waals surface area contributed by atoms with E-state index in [9.17, 15) is 4.79 Å². The molecule has 1 amide bonds. The highest BCUT2D eigenvalue weighted by Gasteiger charge is 2.47. The molecule has 0 radical (unpaired) electrons. The first-order valence-electron chi connectivity index (χ1n) is 8.46. The minimum atomic E-state index is -0.187. The smallest absolute Gasteiger partial charge is 0.217 e. The SMILES string of the molecule is CC1(C)CC(CC(N)=O)CC(C)(C)N1OC1CCCCC1. The van der Waals surface area contributed by atoms with Crippen molar-refractivity contribution < 1.29 is 9.63 Å². The predicted octanol–water partition coefficient (Wildman–Crippen LogP) is 3.40. The number of amides is 1. The Morgan fingerprint density at radius 3 is 2.10 bits per heavy atom. The van der Waals surface area contributed by atoms with Crippen molar-refractivity contribution in [3.05, 3.63) is 0 Å². The van der Waals surface area contributed by atoms with Crippen molar-refractivity contribution in [2.45, 2.75) is 96.2 Å². The first-order chi connectivity index (χ1) is 9.71. The largest absolute Gasteiger partial charge is 0.370 e. The quantitative estimate of drug-likeness (QED) is 0.865. The number of primary amides is 1. The summed E-state index contributed by atoms with van der Waals surface area (Å²) in [6.07, 6.45) is 9.04. The number of nitrogens with zero attached hydrogens (tertiary/aromatic N) is 1. The molecule has 0 aromatic rings. The van der Waals surface area contributed by atoms with E-state index in [2.05, 4.69) is 32.8 Å². The second-order valence-electron chi connectivity index (χ2n) is 8.23. The predicted molar refractivity (Wildman–Crippen MR) is 84.5 cm³/mol. The molecule has 1 saturated heterocycles. The van der Waals surface area contributed by atoms with Gasteiger partial charge in [0.05, 0.1) is 6.10 Å². The fraction of sp³-hybridized carbons (Fsp3) is 0.941. The molecule has 0 aromatic heterocycles. The average molecular weight is 296 g/mol. The fourth-order valence-electron chi connectivity index (χ4n) is 4.50. The molecule has 2 aliphatic rings. The second-order valence-corrected chi connectivity index (χ2v) is 8.23. The minimum absolute atomic E-state index is 0.0562. The maximum absolute atomic E-state index is 11.3. The van der Waals surface area contributed by atoms with Crippen LogP contribution in [0.3, 0.4) is 0 Å². The average Bonchev–Trinajstić information content (AvgIpc) is 2.33. The lowest BCUT2D eigenvalue weighted by atomic mass is 9.74. The Morgan fingerprint density at radius 1 is 1.10 bits per heavy atom. The molecule has 0 aromatic carbocycles. The molecule has 122 valence electrons. The van der Waals surface area contributed by atoms with Crippen LogP contribution in [-0.4, -0.2) is 28.2 Å². The third-order valence-electron chi connectivity index (χ3n) is 4.97. The molecule has 1 aliphatic heterocycles. The zero-order chi connectivity index (χ0) is 15.7. The summed E-state index contributed by atoms with van der Waals surface area (Å²) in [4.78, 5) is 17.7. The van der Waals surface area contributed by atoms with Crippen LogP contribution >= 0.6 is 0 Å². The van der Waals surface area contributed by atoms with E-state index in [0.29, 0.717) is 18.4 Å². The van der Waals surface area contributed by atoms with Gasteiger partial charge in [-0.1, -0.05) is 19.3 Å². The number of piperidine rings is 1. The van der Waals surface area contributed by atoms with Crippen molar-refractivity contribution in [2.24, 2.45) is 11.7 Å². The molecule has 2 rings (SSSR count). The minimum Gasteiger partial charge on any atom is -0.370 e. The molecule has 1 aliphatic carbocycles. The van der Waals surface area contributed by atoms with Gasteiger partial charge >= 0.3 is 0 Å². The van der Waals surface area contributed by atoms with Crippen molar-refractivity contribution in [2.75, 3.05) is 0 Å². The molecule has 0 bridgehead atoms. The number of nitrogens with two attached hydrogens (primary N) is 1. The fourth-order valence-corrected chi connectivity index (χ4v) is 4.50. The number of hydrogen-bond donors (Lipinski definition) is 1. The Labute approximate surface area is 129 Å². The molecule has 4 nitrogen and oxygen atoms in total. The highest BCUT2D eigenvalue weighted by atomic mass is 16.7. The normalized spacial score (nSPS) is 27.6. The highest BCUT2D eigenvalue weighted by Crippen LogP contribution is 2.43. The number of rotatable bonds is 4. The molecule has 1 saturated carbocycles. The van der Waals surface area contributed by atoms with E-state index < -0.39 is 0 Å². The molecule has 1 heterocycles. The van der Waals surface area contributed by atoms with E-state index in [1.165, 1.54) is 32.1 Å². The van der Waals surface area contributed by atoms with Gasteiger partial charge in [-0.25, -0.2) is 0 Å². The molecule has 0 spiro atoms. The number of carbonyl (C=O) groups is 1. The van der Waals surface area contributed by atoms with Crippen LogP contribution in [-0.2, 0) is 9.63 Å². The van der Waals surface area contributed by atoms with Crippen molar-refractivity contribution in [3.63, 3.8) is 0 Å². The van der Waals surface area contributed by atoms with Crippen LogP contribution in [0.2, 0.25) is 0 Å². The van der Waals surface area contributed by atoms with Gasteiger partial charge in [-0.05, 0) is 59.3 Å². The van der Waals surface area contributed by atoms with Crippen LogP contribution in [0, 0.1) is 5.92 Å². The highest BCUT2D eigenvalue weighted by molar-refractivity contribution is 5.74. The zero-order valence-electron chi connectivity index (χ0n) is 14.2. The van der Waals surface area contributed by atoms with E-state index in [-0.39, 0.29) is 17.0 Å². The number of hydrogen-bond acceptors (Lipinski definition) is 3. The molecule has 21 heavy (non-hydrogen) atoms. The third kappa shape index (κ3) is 4.19. The summed E-state index contributed by atoms with van der Waals surface area (Å²) in [6.45, 7) is 8.91. The van der Waals surface area contributed by atoms with E-state index in [1.807, 2.05) is 0 Å². The summed E-state index contributed by atoms with van der Waals surface area (Å²) in [5.41, 5.74) is 5.29.